The van der Waals surface area contributed by atoms with E-state index in [-0.39, 0.29) is 24.5 Å². The number of hydrogen-bond donors (Lipinski definition) is 3. The zero-order chi connectivity index (χ0) is 23.7. The summed E-state index contributed by atoms with van der Waals surface area (Å²) in [6, 6.07) is 15.3. The van der Waals surface area contributed by atoms with Gasteiger partial charge in [-0.15, -0.1) is 0 Å². The summed E-state index contributed by atoms with van der Waals surface area (Å²) in [7, 11) is 0. The van der Waals surface area contributed by atoms with E-state index in [0.29, 0.717) is 19.4 Å². The molecule has 3 aliphatic rings. The topological polar surface area (TPSA) is 114 Å². The van der Waals surface area contributed by atoms with Crippen LogP contribution in [0, 0.1) is 5.92 Å². The Kier molecular flexibility index (Phi) is 6.06. The van der Waals surface area contributed by atoms with Crippen molar-refractivity contribution < 1.29 is 29.0 Å². The summed E-state index contributed by atoms with van der Waals surface area (Å²) in [6.45, 7) is 0.526. The van der Waals surface area contributed by atoms with Crippen molar-refractivity contribution in [3.05, 3.63) is 71.8 Å². The highest BCUT2D eigenvalue weighted by Crippen LogP contribution is 2.44. The number of fused-ring (bicyclic) bond motifs is 3. The number of carbonyl (C=O) groups is 3. The number of carboxylic acid groups (broad SMARTS) is 1. The minimum atomic E-state index is -0.917. The van der Waals surface area contributed by atoms with Crippen molar-refractivity contribution in [3.8, 4) is 11.1 Å². The molecule has 1 saturated heterocycles. The molecule has 2 aromatic carbocycles. The van der Waals surface area contributed by atoms with Crippen LogP contribution in [0.1, 0.15) is 29.9 Å². The van der Waals surface area contributed by atoms with Crippen LogP contribution in [0.15, 0.2) is 60.7 Å². The number of carbonyl (C=O) groups excluding carboxylic acids is 2. The lowest BCUT2D eigenvalue weighted by Crippen LogP contribution is -2.50. The lowest BCUT2D eigenvalue weighted by atomic mass is 9.98. The molecule has 0 bridgehead atoms. The van der Waals surface area contributed by atoms with Gasteiger partial charge in [-0.2, -0.15) is 0 Å². The van der Waals surface area contributed by atoms with E-state index in [1.54, 1.807) is 12.2 Å². The molecule has 34 heavy (non-hydrogen) atoms. The molecule has 2 amide bonds. The SMILES string of the molecule is O=C(N[C@@H]1CCO[C@@H]1C(=O)NC1C=CC(C(=O)O)C1)OCC1c2ccccc2-c2ccccc21. The normalized spacial score (nSPS) is 24.9. The Morgan fingerprint density at radius 2 is 1.65 bits per heavy atom. The van der Waals surface area contributed by atoms with E-state index < -0.39 is 30.1 Å². The minimum absolute atomic E-state index is 0.0478. The van der Waals surface area contributed by atoms with Crippen LogP contribution in [0.5, 0.6) is 0 Å². The molecule has 8 nitrogen and oxygen atoms in total. The maximum atomic E-state index is 12.7. The molecular weight excluding hydrogens is 436 g/mol. The first-order valence-corrected chi connectivity index (χ1v) is 11.5. The van der Waals surface area contributed by atoms with Gasteiger partial charge < -0.3 is 25.2 Å². The molecular formula is C26H26N2O6. The highest BCUT2D eigenvalue weighted by molar-refractivity contribution is 5.84. The van der Waals surface area contributed by atoms with Crippen molar-refractivity contribution in [1.82, 2.24) is 10.6 Å². The Morgan fingerprint density at radius 1 is 0.971 bits per heavy atom. The molecule has 2 unspecified atom stereocenters. The van der Waals surface area contributed by atoms with E-state index in [1.807, 2.05) is 24.3 Å². The summed E-state index contributed by atoms with van der Waals surface area (Å²) in [5.74, 6) is -1.94. The number of ether oxygens (including phenoxy) is 2. The fourth-order valence-corrected chi connectivity index (χ4v) is 5.04. The Bertz CT molecular complexity index is 1100. The standard InChI is InChI=1S/C26H26N2O6/c29-24(27-16-10-9-15(13-16)25(30)31)23-22(11-12-33-23)28-26(32)34-14-21-19-7-3-1-5-17(19)18-6-2-4-8-20(18)21/h1-10,15-16,21-23H,11-14H2,(H,27,29)(H,28,32)(H,30,31)/t15?,16?,22-,23+/m1/s1. The third kappa shape index (κ3) is 4.28. The van der Waals surface area contributed by atoms with Gasteiger partial charge in [0.25, 0.3) is 5.91 Å². The smallest absolute Gasteiger partial charge is 0.407 e. The number of carboxylic acids is 1. The van der Waals surface area contributed by atoms with E-state index >= 15 is 0 Å². The van der Waals surface area contributed by atoms with Gasteiger partial charge in [-0.05, 0) is 35.1 Å². The van der Waals surface area contributed by atoms with E-state index in [4.69, 9.17) is 14.6 Å². The van der Waals surface area contributed by atoms with E-state index in [0.717, 1.165) is 22.3 Å². The molecule has 0 spiro atoms. The number of hydrogen-bond acceptors (Lipinski definition) is 5. The van der Waals surface area contributed by atoms with Gasteiger partial charge in [0.1, 0.15) is 6.61 Å². The van der Waals surface area contributed by atoms with Crippen LogP contribution < -0.4 is 10.6 Å². The van der Waals surface area contributed by atoms with Gasteiger partial charge >= 0.3 is 12.1 Å². The Labute approximate surface area is 196 Å². The van der Waals surface area contributed by atoms with Gasteiger partial charge in [0, 0.05) is 18.6 Å². The summed E-state index contributed by atoms with van der Waals surface area (Å²) in [5.41, 5.74) is 4.56. The highest BCUT2D eigenvalue weighted by atomic mass is 16.6. The van der Waals surface area contributed by atoms with E-state index in [9.17, 15) is 14.4 Å². The summed E-state index contributed by atoms with van der Waals surface area (Å²) in [6.07, 6.45) is 2.60. The number of nitrogens with one attached hydrogen (secondary N) is 2. The fraction of sp³-hybridized carbons (Fsp3) is 0.346. The van der Waals surface area contributed by atoms with Crippen LogP contribution in [0.3, 0.4) is 0 Å². The second kappa shape index (κ2) is 9.30. The van der Waals surface area contributed by atoms with Crippen molar-refractivity contribution in [2.24, 2.45) is 5.92 Å². The van der Waals surface area contributed by atoms with Crippen molar-refractivity contribution in [3.63, 3.8) is 0 Å². The molecule has 1 fully saturated rings. The van der Waals surface area contributed by atoms with E-state index in [2.05, 4.69) is 34.9 Å². The van der Waals surface area contributed by atoms with Crippen LogP contribution in [-0.4, -0.2) is 54.5 Å². The number of amides is 2. The van der Waals surface area contributed by atoms with Gasteiger partial charge in [-0.3, -0.25) is 9.59 Å². The molecule has 0 aromatic heterocycles. The molecule has 1 aliphatic heterocycles. The van der Waals surface area contributed by atoms with Gasteiger partial charge in [-0.25, -0.2) is 4.79 Å². The maximum Gasteiger partial charge on any atom is 0.407 e. The van der Waals surface area contributed by atoms with Crippen molar-refractivity contribution in [1.29, 1.82) is 0 Å². The first-order chi connectivity index (χ1) is 16.5. The lowest BCUT2D eigenvalue weighted by Gasteiger charge is -2.22. The third-order valence-corrected chi connectivity index (χ3v) is 6.73. The molecule has 2 aromatic rings. The summed E-state index contributed by atoms with van der Waals surface area (Å²) >= 11 is 0. The number of aliphatic carboxylic acids is 1. The largest absolute Gasteiger partial charge is 0.481 e. The molecule has 0 saturated carbocycles. The molecule has 8 heteroatoms. The van der Waals surface area contributed by atoms with Gasteiger partial charge in [0.05, 0.1) is 12.0 Å². The summed E-state index contributed by atoms with van der Waals surface area (Å²) in [5, 5.41) is 14.7. The average Bonchev–Trinajstić information content (AvgIpc) is 3.56. The van der Waals surface area contributed by atoms with Gasteiger partial charge in [0.2, 0.25) is 0 Å². The van der Waals surface area contributed by atoms with E-state index in [1.165, 1.54) is 0 Å². The molecule has 0 radical (unpaired) electrons. The Balaban J connectivity index is 1.17. The minimum Gasteiger partial charge on any atom is -0.481 e. The van der Waals surface area contributed by atoms with Crippen LogP contribution >= 0.6 is 0 Å². The second-order valence-electron chi connectivity index (χ2n) is 8.84. The Hall–Kier alpha value is -3.65. The second-order valence-corrected chi connectivity index (χ2v) is 8.84. The predicted molar refractivity (Wildman–Crippen MR) is 123 cm³/mol. The zero-order valence-corrected chi connectivity index (χ0v) is 18.5. The lowest BCUT2D eigenvalue weighted by molar-refractivity contribution is -0.140. The number of rotatable bonds is 6. The molecule has 1 heterocycles. The maximum absolute atomic E-state index is 12.7. The van der Waals surface area contributed by atoms with Crippen molar-refractivity contribution in [2.75, 3.05) is 13.2 Å². The summed E-state index contributed by atoms with van der Waals surface area (Å²) in [4.78, 5) is 36.4. The van der Waals surface area contributed by atoms with Crippen LogP contribution in [0.25, 0.3) is 11.1 Å². The predicted octanol–water partition coefficient (Wildman–Crippen LogP) is 2.83. The zero-order valence-electron chi connectivity index (χ0n) is 18.5. The number of alkyl carbamates (subject to hydrolysis) is 1. The first kappa shape index (κ1) is 22.2. The third-order valence-electron chi connectivity index (χ3n) is 6.73. The Morgan fingerprint density at radius 3 is 2.29 bits per heavy atom. The molecule has 4 atom stereocenters. The van der Waals surface area contributed by atoms with Crippen LogP contribution in [0.4, 0.5) is 4.79 Å². The number of benzene rings is 2. The average molecular weight is 463 g/mol. The molecule has 3 N–H and O–H groups in total. The van der Waals surface area contributed by atoms with Gasteiger partial charge in [-0.1, -0.05) is 60.7 Å². The molecule has 5 rings (SSSR count). The van der Waals surface area contributed by atoms with Crippen LogP contribution in [-0.2, 0) is 19.1 Å². The van der Waals surface area contributed by atoms with Crippen molar-refractivity contribution >= 4 is 18.0 Å². The van der Waals surface area contributed by atoms with Gasteiger partial charge in [0.15, 0.2) is 6.10 Å². The monoisotopic (exact) mass is 462 g/mol. The van der Waals surface area contributed by atoms with Crippen LogP contribution in [0.2, 0.25) is 0 Å². The quantitative estimate of drug-likeness (QED) is 0.569. The highest BCUT2D eigenvalue weighted by Gasteiger charge is 2.37. The van der Waals surface area contributed by atoms with Crippen molar-refractivity contribution in [2.45, 2.75) is 36.9 Å². The summed E-state index contributed by atoms with van der Waals surface area (Å²) < 4.78 is 11.2. The fourth-order valence-electron chi connectivity index (χ4n) is 5.04. The first-order valence-electron chi connectivity index (χ1n) is 11.5. The molecule has 2 aliphatic carbocycles. The molecule has 176 valence electrons.